The quantitative estimate of drug-likeness (QED) is 0.482. The lowest BCUT2D eigenvalue weighted by atomic mass is 10.1. The Hall–Kier alpha value is -2.48. The molecule has 0 saturated heterocycles. The van der Waals surface area contributed by atoms with Crippen LogP contribution in [0.2, 0.25) is 0 Å². The average Bonchev–Trinajstić information content (AvgIpc) is 3.40. The maximum atomic E-state index is 10.3. The van der Waals surface area contributed by atoms with E-state index in [1.165, 1.54) is 15.6 Å². The largest absolute Gasteiger partial charge is 0.390 e. The van der Waals surface area contributed by atoms with Gasteiger partial charge in [-0.05, 0) is 54.8 Å². The van der Waals surface area contributed by atoms with Gasteiger partial charge in [-0.15, -0.1) is 11.3 Å². The molecule has 0 amide bonds. The number of nitrogens with zero attached hydrogens (tertiary/aromatic N) is 3. The number of benzene rings is 1. The number of nitrogens with one attached hydrogen (secondary N) is 1. The molecule has 1 aliphatic carbocycles. The number of fused-ring (bicyclic) bond motifs is 2. The van der Waals surface area contributed by atoms with Crippen LogP contribution in [-0.4, -0.2) is 43.1 Å². The first-order valence-electron chi connectivity index (χ1n) is 9.87. The van der Waals surface area contributed by atoms with Crippen molar-refractivity contribution in [2.45, 2.75) is 38.0 Å². The van der Waals surface area contributed by atoms with E-state index in [9.17, 15) is 10.2 Å². The molecule has 6 nitrogen and oxygen atoms in total. The molecule has 0 unspecified atom stereocenters. The van der Waals surface area contributed by atoms with Crippen molar-refractivity contribution in [2.75, 3.05) is 5.32 Å². The number of hydrogen-bond acceptors (Lipinski definition) is 6. The van der Waals surface area contributed by atoms with Crippen molar-refractivity contribution in [2.24, 2.45) is 5.92 Å². The van der Waals surface area contributed by atoms with E-state index in [2.05, 4.69) is 48.4 Å². The van der Waals surface area contributed by atoms with Gasteiger partial charge in [0, 0.05) is 17.0 Å². The highest BCUT2D eigenvalue weighted by atomic mass is 32.1. The molecule has 3 heterocycles. The van der Waals surface area contributed by atoms with E-state index >= 15 is 0 Å². The Morgan fingerprint density at radius 2 is 2.07 bits per heavy atom. The van der Waals surface area contributed by atoms with Crippen LogP contribution in [0.4, 0.5) is 5.82 Å². The molecular weight excluding hydrogens is 384 g/mol. The van der Waals surface area contributed by atoms with Crippen LogP contribution in [0.15, 0.2) is 42.6 Å². The minimum atomic E-state index is -0.855. The summed E-state index contributed by atoms with van der Waals surface area (Å²) in [5.74, 6) is 0.542. The number of anilines is 1. The third-order valence-corrected chi connectivity index (χ3v) is 6.87. The van der Waals surface area contributed by atoms with E-state index in [4.69, 9.17) is 5.10 Å². The zero-order valence-electron chi connectivity index (χ0n) is 16.1. The number of aromatic nitrogens is 3. The molecular formula is C22H23N4O2S. The first kappa shape index (κ1) is 18.5. The van der Waals surface area contributed by atoms with Gasteiger partial charge in [-0.25, -0.2) is 4.98 Å². The van der Waals surface area contributed by atoms with Crippen molar-refractivity contribution in [1.29, 1.82) is 0 Å². The third kappa shape index (κ3) is 3.19. The Bertz CT molecular complexity index is 1180. The second-order valence-corrected chi connectivity index (χ2v) is 8.78. The molecule has 0 bridgehead atoms. The van der Waals surface area contributed by atoms with Crippen LogP contribution in [-0.2, 0) is 6.42 Å². The molecule has 5 rings (SSSR count). The fourth-order valence-corrected chi connectivity index (χ4v) is 5.02. The smallest absolute Gasteiger partial charge is 0.157 e. The SMILES string of the molecule is [CH2][C@@H]1C[C@@H](Nc2ccnc3cc(-c4cc5cc(CC)ccc5s4)nn23)[C@H](O)[C@@H]1O. The number of aryl methyl sites for hydroxylation is 1. The van der Waals surface area contributed by atoms with Gasteiger partial charge in [0.05, 0.1) is 17.0 Å². The molecule has 1 radical (unpaired) electrons. The van der Waals surface area contributed by atoms with Crippen LogP contribution in [0.3, 0.4) is 0 Å². The Labute approximate surface area is 172 Å². The van der Waals surface area contributed by atoms with Gasteiger partial charge in [-0.2, -0.15) is 9.61 Å². The fraction of sp³-hybridized carbons (Fsp3) is 0.318. The Morgan fingerprint density at radius 3 is 2.83 bits per heavy atom. The standard InChI is InChI=1S/C22H23N4O2S/c1-3-13-4-5-17-14(9-13)10-18(29-17)15-11-20-23-7-6-19(26(20)25-15)24-16-8-12(2)21(27)22(16)28/h4-7,9-12,16,21-22,24,27-28H,2-3,8H2,1H3/t12-,16-,21-,22+/m1/s1. The molecule has 4 atom stereocenters. The van der Waals surface area contributed by atoms with Crippen LogP contribution in [0.1, 0.15) is 18.9 Å². The van der Waals surface area contributed by atoms with Crippen molar-refractivity contribution in [3.8, 4) is 10.6 Å². The summed E-state index contributed by atoms with van der Waals surface area (Å²) in [6.45, 7) is 6.08. The first-order valence-corrected chi connectivity index (χ1v) is 10.7. The first-order chi connectivity index (χ1) is 14.0. The van der Waals surface area contributed by atoms with E-state index in [1.807, 2.05) is 12.1 Å². The second kappa shape index (κ2) is 7.09. The second-order valence-electron chi connectivity index (χ2n) is 7.69. The van der Waals surface area contributed by atoms with Crippen LogP contribution in [0, 0.1) is 12.8 Å². The molecule has 29 heavy (non-hydrogen) atoms. The van der Waals surface area contributed by atoms with Gasteiger partial charge in [0.2, 0.25) is 0 Å². The number of rotatable bonds is 4. The van der Waals surface area contributed by atoms with Crippen molar-refractivity contribution in [3.05, 3.63) is 55.1 Å². The summed E-state index contributed by atoms with van der Waals surface area (Å²) in [7, 11) is 0. The monoisotopic (exact) mass is 407 g/mol. The summed E-state index contributed by atoms with van der Waals surface area (Å²) in [6, 6.07) is 12.3. The van der Waals surface area contributed by atoms with E-state index in [0.717, 1.165) is 28.5 Å². The van der Waals surface area contributed by atoms with Crippen molar-refractivity contribution >= 4 is 32.9 Å². The predicted octanol–water partition coefficient (Wildman–Crippen LogP) is 3.53. The van der Waals surface area contributed by atoms with Gasteiger partial charge < -0.3 is 15.5 Å². The highest BCUT2D eigenvalue weighted by molar-refractivity contribution is 7.22. The van der Waals surface area contributed by atoms with Gasteiger partial charge in [0.15, 0.2) is 5.65 Å². The van der Waals surface area contributed by atoms with Crippen LogP contribution >= 0.6 is 11.3 Å². The molecule has 1 fully saturated rings. The molecule has 149 valence electrons. The Balaban J connectivity index is 1.50. The molecule has 3 N–H and O–H groups in total. The summed E-state index contributed by atoms with van der Waals surface area (Å²) >= 11 is 1.72. The average molecular weight is 408 g/mol. The zero-order chi connectivity index (χ0) is 20.1. The number of aliphatic hydroxyl groups is 2. The maximum Gasteiger partial charge on any atom is 0.157 e. The van der Waals surface area contributed by atoms with Crippen molar-refractivity contribution in [3.63, 3.8) is 0 Å². The highest BCUT2D eigenvalue weighted by Gasteiger charge is 2.39. The highest BCUT2D eigenvalue weighted by Crippen LogP contribution is 2.34. The molecule has 1 aliphatic rings. The predicted molar refractivity (Wildman–Crippen MR) is 116 cm³/mol. The normalized spacial score (nSPS) is 24.6. The van der Waals surface area contributed by atoms with E-state index in [-0.39, 0.29) is 12.0 Å². The van der Waals surface area contributed by atoms with E-state index < -0.39 is 12.2 Å². The minimum Gasteiger partial charge on any atom is -0.390 e. The lowest BCUT2D eigenvalue weighted by molar-refractivity contribution is 0.0256. The maximum absolute atomic E-state index is 10.3. The van der Waals surface area contributed by atoms with Crippen LogP contribution < -0.4 is 5.32 Å². The lowest BCUT2D eigenvalue weighted by Crippen LogP contribution is -2.35. The Morgan fingerprint density at radius 1 is 1.21 bits per heavy atom. The van der Waals surface area contributed by atoms with E-state index in [0.29, 0.717) is 6.42 Å². The summed E-state index contributed by atoms with van der Waals surface area (Å²) in [5.41, 5.74) is 2.93. The van der Waals surface area contributed by atoms with Gasteiger partial charge in [-0.3, -0.25) is 0 Å². The molecule has 3 aromatic heterocycles. The molecule has 0 spiro atoms. The van der Waals surface area contributed by atoms with Gasteiger partial charge >= 0.3 is 0 Å². The topological polar surface area (TPSA) is 82.7 Å². The molecule has 1 aromatic carbocycles. The van der Waals surface area contributed by atoms with Gasteiger partial charge in [-0.1, -0.05) is 19.1 Å². The molecule has 0 aliphatic heterocycles. The zero-order valence-corrected chi connectivity index (χ0v) is 16.9. The lowest BCUT2D eigenvalue weighted by Gasteiger charge is -2.19. The van der Waals surface area contributed by atoms with Crippen LogP contribution in [0.5, 0.6) is 0 Å². The number of hydrogen-bond donors (Lipinski definition) is 3. The van der Waals surface area contributed by atoms with Crippen LogP contribution in [0.25, 0.3) is 26.3 Å². The summed E-state index contributed by atoms with van der Waals surface area (Å²) in [4.78, 5) is 5.53. The molecule has 1 saturated carbocycles. The van der Waals surface area contributed by atoms with Gasteiger partial charge in [0.1, 0.15) is 17.6 Å². The third-order valence-electron chi connectivity index (χ3n) is 5.73. The summed E-state index contributed by atoms with van der Waals surface area (Å²) < 4.78 is 3.00. The molecule has 7 heteroatoms. The summed E-state index contributed by atoms with van der Waals surface area (Å²) in [6.07, 6.45) is 1.66. The minimum absolute atomic E-state index is 0.195. The van der Waals surface area contributed by atoms with Crippen molar-refractivity contribution in [1.82, 2.24) is 14.6 Å². The Kier molecular flexibility index (Phi) is 4.53. The summed E-state index contributed by atoms with van der Waals surface area (Å²) in [5, 5.41) is 29.6. The molecule has 4 aromatic rings. The van der Waals surface area contributed by atoms with E-state index in [1.54, 1.807) is 22.0 Å². The fourth-order valence-electron chi connectivity index (χ4n) is 4.02. The number of aliphatic hydroxyl groups excluding tert-OH is 2. The number of thiophene rings is 1. The van der Waals surface area contributed by atoms with Crippen molar-refractivity contribution < 1.29 is 10.2 Å². The van der Waals surface area contributed by atoms with Gasteiger partial charge in [0.25, 0.3) is 0 Å².